The number of nitrogens with two attached hydrogens (primary N) is 1. The summed E-state index contributed by atoms with van der Waals surface area (Å²) in [5.74, 6) is -1.14. The quantitative estimate of drug-likeness (QED) is 0.373. The first kappa shape index (κ1) is 23.1. The molecular weight excluding hydrogens is 462 g/mol. The van der Waals surface area contributed by atoms with Gasteiger partial charge in [0.25, 0.3) is 0 Å². The Hall–Kier alpha value is -2.22. The second-order valence-corrected chi connectivity index (χ2v) is 9.78. The minimum absolute atomic E-state index is 0.0249. The molecule has 1 heterocycles. The van der Waals surface area contributed by atoms with Crippen LogP contribution in [0.5, 0.6) is 0 Å². The number of hydrogen-bond acceptors (Lipinski definition) is 7. The summed E-state index contributed by atoms with van der Waals surface area (Å²) in [7, 11) is -3.76. The minimum Gasteiger partial charge on any atom is -0.454 e. The highest BCUT2D eigenvalue weighted by Gasteiger charge is 2.29. The Bertz CT molecular complexity index is 986. The predicted molar refractivity (Wildman–Crippen MR) is 109 cm³/mol. The maximum atomic E-state index is 12.9. The van der Waals surface area contributed by atoms with Crippen molar-refractivity contribution in [2.75, 3.05) is 19.7 Å². The fraction of sp³-hybridized carbons (Fsp3) is 0.421. The molecule has 0 radical (unpaired) electrons. The lowest BCUT2D eigenvalue weighted by molar-refractivity contribution is -0.118. The zero-order chi connectivity index (χ0) is 21.8. The van der Waals surface area contributed by atoms with Gasteiger partial charge in [0.05, 0.1) is 10.5 Å². The van der Waals surface area contributed by atoms with Gasteiger partial charge < -0.3 is 10.5 Å². The number of carbonyl (C=O) groups is 2. The Labute approximate surface area is 178 Å². The van der Waals surface area contributed by atoms with E-state index in [1.807, 2.05) is 0 Å². The smallest absolute Gasteiger partial charge is 0.338 e. The van der Waals surface area contributed by atoms with E-state index in [1.54, 1.807) is 6.07 Å². The van der Waals surface area contributed by atoms with Crippen LogP contribution >= 0.6 is 15.9 Å². The summed E-state index contributed by atoms with van der Waals surface area (Å²) in [5, 5.41) is 8.92. The van der Waals surface area contributed by atoms with Crippen LogP contribution in [0.15, 0.2) is 38.8 Å². The summed E-state index contributed by atoms with van der Waals surface area (Å²) in [5.41, 5.74) is 5.17. The fourth-order valence-electron chi connectivity index (χ4n) is 2.86. The number of hydrogen-bond donors (Lipinski definition) is 1. The normalized spacial score (nSPS) is 16.6. The second-order valence-electron chi connectivity index (χ2n) is 6.93. The van der Waals surface area contributed by atoms with Crippen molar-refractivity contribution in [1.29, 1.82) is 5.26 Å². The van der Waals surface area contributed by atoms with Gasteiger partial charge in [-0.15, -0.1) is 0 Å². The number of piperidine rings is 1. The van der Waals surface area contributed by atoms with Gasteiger partial charge in [0.15, 0.2) is 6.61 Å². The van der Waals surface area contributed by atoms with E-state index in [2.05, 4.69) is 22.9 Å². The van der Waals surface area contributed by atoms with Crippen molar-refractivity contribution in [1.82, 2.24) is 4.31 Å². The molecule has 1 aliphatic heterocycles. The zero-order valence-electron chi connectivity index (χ0n) is 16.1. The Morgan fingerprint density at radius 3 is 2.48 bits per heavy atom. The Balaban J connectivity index is 2.20. The van der Waals surface area contributed by atoms with Crippen LogP contribution in [-0.2, 0) is 19.6 Å². The third kappa shape index (κ3) is 5.65. The molecule has 1 aliphatic rings. The van der Waals surface area contributed by atoms with Crippen LogP contribution in [-0.4, -0.2) is 44.2 Å². The standard InChI is InChI=1S/C19H22BrN3O5S/c1-12-3-5-23(6-4-12)29(26,27)16-8-14(7-15(20)9-16)19(25)28-11-18(24)17(10-21)13(2)22/h7-9,12H,3-6,11,22H2,1-2H3. The van der Waals surface area contributed by atoms with Gasteiger partial charge >= 0.3 is 5.97 Å². The molecule has 2 rings (SSSR count). The van der Waals surface area contributed by atoms with Gasteiger partial charge in [0.1, 0.15) is 11.6 Å². The molecule has 0 spiro atoms. The molecule has 1 aromatic carbocycles. The monoisotopic (exact) mass is 483 g/mol. The molecule has 0 amide bonds. The number of Topliss-reactive ketones (excluding diaryl/α,β-unsaturated/α-hetero) is 1. The first-order valence-corrected chi connectivity index (χ1v) is 11.2. The molecule has 0 aromatic heterocycles. The van der Waals surface area contributed by atoms with Crippen molar-refractivity contribution in [3.05, 3.63) is 39.5 Å². The molecule has 1 saturated heterocycles. The average molecular weight is 484 g/mol. The van der Waals surface area contributed by atoms with Gasteiger partial charge in [0.2, 0.25) is 15.8 Å². The Morgan fingerprint density at radius 1 is 1.31 bits per heavy atom. The van der Waals surface area contributed by atoms with Gasteiger partial charge in [-0.25, -0.2) is 13.2 Å². The number of benzene rings is 1. The molecule has 10 heteroatoms. The number of nitriles is 1. The molecule has 0 aliphatic carbocycles. The highest BCUT2D eigenvalue weighted by Crippen LogP contribution is 2.26. The number of rotatable bonds is 6. The van der Waals surface area contributed by atoms with Crippen LogP contribution in [0.3, 0.4) is 0 Å². The highest BCUT2D eigenvalue weighted by atomic mass is 79.9. The zero-order valence-corrected chi connectivity index (χ0v) is 18.5. The molecule has 156 valence electrons. The topological polar surface area (TPSA) is 131 Å². The lowest BCUT2D eigenvalue weighted by atomic mass is 10.0. The molecule has 2 N–H and O–H groups in total. The Morgan fingerprint density at radius 2 is 1.93 bits per heavy atom. The lowest BCUT2D eigenvalue weighted by Gasteiger charge is -2.29. The number of nitrogens with zero attached hydrogens (tertiary/aromatic N) is 2. The lowest BCUT2D eigenvalue weighted by Crippen LogP contribution is -2.37. The van der Waals surface area contributed by atoms with Crippen LogP contribution < -0.4 is 5.73 Å². The summed E-state index contributed by atoms with van der Waals surface area (Å²) in [6, 6.07) is 5.71. The van der Waals surface area contributed by atoms with Crippen LogP contribution in [0, 0.1) is 17.2 Å². The van der Waals surface area contributed by atoms with Gasteiger partial charge in [-0.2, -0.15) is 9.57 Å². The van der Waals surface area contributed by atoms with E-state index in [1.165, 1.54) is 29.4 Å². The second kappa shape index (κ2) is 9.52. The summed E-state index contributed by atoms with van der Waals surface area (Å²) < 4.78 is 32.6. The minimum atomic E-state index is -3.76. The van der Waals surface area contributed by atoms with Crippen molar-refractivity contribution >= 4 is 37.7 Å². The number of allylic oxidation sites excluding steroid dienone is 1. The average Bonchev–Trinajstić information content (AvgIpc) is 2.66. The fourth-order valence-corrected chi connectivity index (χ4v) is 5.05. The molecule has 0 unspecified atom stereocenters. The predicted octanol–water partition coefficient (Wildman–Crippen LogP) is 2.35. The number of ether oxygens (including phenoxy) is 1. The largest absolute Gasteiger partial charge is 0.454 e. The first-order chi connectivity index (χ1) is 13.6. The Kier molecular flexibility index (Phi) is 7.57. The van der Waals surface area contributed by atoms with Gasteiger partial charge in [-0.1, -0.05) is 22.9 Å². The number of sulfonamides is 1. The SMILES string of the molecule is CC(N)=C(C#N)C(=O)COC(=O)c1cc(Br)cc(S(=O)(=O)N2CCC(C)CC2)c1. The van der Waals surface area contributed by atoms with Crippen molar-refractivity contribution in [2.45, 2.75) is 31.6 Å². The molecule has 1 fully saturated rings. The van der Waals surface area contributed by atoms with Gasteiger partial charge in [-0.3, -0.25) is 4.79 Å². The van der Waals surface area contributed by atoms with Crippen molar-refractivity contribution in [3.8, 4) is 6.07 Å². The van der Waals surface area contributed by atoms with E-state index in [-0.39, 0.29) is 21.7 Å². The van der Waals surface area contributed by atoms with Crippen LogP contribution in [0.1, 0.15) is 37.0 Å². The first-order valence-electron chi connectivity index (χ1n) is 8.93. The number of carbonyl (C=O) groups excluding carboxylic acids is 2. The number of ketones is 1. The summed E-state index contributed by atoms with van der Waals surface area (Å²) in [4.78, 5) is 24.2. The van der Waals surface area contributed by atoms with Crippen molar-refractivity contribution in [3.63, 3.8) is 0 Å². The van der Waals surface area contributed by atoms with Crippen molar-refractivity contribution in [2.24, 2.45) is 11.7 Å². The maximum absolute atomic E-state index is 12.9. The molecule has 0 bridgehead atoms. The van der Waals surface area contributed by atoms with E-state index < -0.39 is 28.4 Å². The van der Waals surface area contributed by atoms with Crippen molar-refractivity contribution < 1.29 is 22.7 Å². The molecule has 1 aromatic rings. The molecular formula is C19H22BrN3O5S. The summed E-state index contributed by atoms with van der Waals surface area (Å²) in [6.45, 7) is 3.65. The van der Waals surface area contributed by atoms with Crippen LogP contribution in [0.2, 0.25) is 0 Å². The molecule has 29 heavy (non-hydrogen) atoms. The van der Waals surface area contributed by atoms with E-state index in [0.717, 1.165) is 12.8 Å². The van der Waals surface area contributed by atoms with E-state index in [0.29, 0.717) is 23.5 Å². The third-order valence-corrected chi connectivity index (χ3v) is 6.94. The molecule has 0 atom stereocenters. The number of esters is 1. The van der Waals surface area contributed by atoms with Crippen LogP contribution in [0.4, 0.5) is 0 Å². The van der Waals surface area contributed by atoms with Crippen LogP contribution in [0.25, 0.3) is 0 Å². The molecule has 8 nitrogen and oxygen atoms in total. The van der Waals surface area contributed by atoms with Gasteiger partial charge in [-0.05, 0) is 43.9 Å². The highest BCUT2D eigenvalue weighted by molar-refractivity contribution is 9.10. The summed E-state index contributed by atoms with van der Waals surface area (Å²) in [6.07, 6.45) is 1.55. The third-order valence-electron chi connectivity index (χ3n) is 4.61. The van der Waals surface area contributed by atoms with E-state index >= 15 is 0 Å². The van der Waals surface area contributed by atoms with Gasteiger partial charge in [0, 0.05) is 23.3 Å². The van der Waals surface area contributed by atoms with E-state index in [4.69, 9.17) is 15.7 Å². The summed E-state index contributed by atoms with van der Waals surface area (Å²) >= 11 is 3.22. The molecule has 0 saturated carbocycles. The van der Waals surface area contributed by atoms with E-state index in [9.17, 15) is 18.0 Å². The number of halogens is 1. The maximum Gasteiger partial charge on any atom is 0.338 e.